The minimum Gasteiger partial charge on any atom is -0.0654 e. The van der Waals surface area contributed by atoms with Crippen LogP contribution in [0.4, 0.5) is 0 Å². The minimum atomic E-state index is 0.946. The van der Waals surface area contributed by atoms with Crippen LogP contribution in [0, 0.1) is 19.8 Å². The van der Waals surface area contributed by atoms with Gasteiger partial charge in [0.25, 0.3) is 0 Å². The van der Waals surface area contributed by atoms with E-state index in [1.165, 1.54) is 68.1 Å². The maximum atomic E-state index is 2.38. The zero-order valence-electron chi connectivity index (χ0n) is 13.5. The molecule has 0 amide bonds. The molecule has 0 heteroatoms. The maximum absolute atomic E-state index is 2.38. The summed E-state index contributed by atoms with van der Waals surface area (Å²) in [7, 11) is 0. The Kier molecular flexibility index (Phi) is 7.86. The molecule has 108 valence electrons. The first-order valence-corrected chi connectivity index (χ1v) is 8.23. The Morgan fingerprint density at radius 2 is 1.47 bits per heavy atom. The molecule has 1 aromatic carbocycles. The Labute approximate surface area is 120 Å². The van der Waals surface area contributed by atoms with E-state index in [0.29, 0.717) is 0 Å². The lowest BCUT2D eigenvalue weighted by atomic mass is 9.89. The highest BCUT2D eigenvalue weighted by Gasteiger charge is 2.08. The molecule has 19 heavy (non-hydrogen) atoms. The lowest BCUT2D eigenvalue weighted by Gasteiger charge is -2.16. The molecule has 0 aliphatic carbocycles. The van der Waals surface area contributed by atoms with Gasteiger partial charge in [0.05, 0.1) is 0 Å². The SMILES string of the molecule is CCCCC(CCCC)CCc1ccc(C)c(C)c1. The van der Waals surface area contributed by atoms with E-state index >= 15 is 0 Å². The van der Waals surface area contributed by atoms with Crippen molar-refractivity contribution in [3.8, 4) is 0 Å². The normalized spacial score (nSPS) is 11.2. The first-order valence-electron chi connectivity index (χ1n) is 8.23. The Bertz CT molecular complexity index is 343. The van der Waals surface area contributed by atoms with Crippen molar-refractivity contribution in [1.29, 1.82) is 0 Å². The molecule has 1 aromatic rings. The first kappa shape index (κ1) is 16.3. The molecule has 0 aromatic heterocycles. The zero-order valence-corrected chi connectivity index (χ0v) is 13.5. The van der Waals surface area contributed by atoms with E-state index < -0.39 is 0 Å². The van der Waals surface area contributed by atoms with Crippen molar-refractivity contribution in [2.45, 2.75) is 79.1 Å². The Morgan fingerprint density at radius 3 is 2.00 bits per heavy atom. The van der Waals surface area contributed by atoms with Crippen LogP contribution >= 0.6 is 0 Å². The third-order valence-corrected chi connectivity index (χ3v) is 4.34. The average molecular weight is 260 g/mol. The molecular formula is C19H32. The number of unbranched alkanes of at least 4 members (excludes halogenated alkanes) is 2. The summed E-state index contributed by atoms with van der Waals surface area (Å²) in [6.07, 6.45) is 11.0. The molecule has 0 atom stereocenters. The van der Waals surface area contributed by atoms with Gasteiger partial charge < -0.3 is 0 Å². The molecule has 0 fully saturated rings. The van der Waals surface area contributed by atoms with Crippen LogP contribution in [0.1, 0.15) is 75.5 Å². The zero-order chi connectivity index (χ0) is 14.1. The molecule has 0 aliphatic rings. The molecule has 0 spiro atoms. The van der Waals surface area contributed by atoms with Crippen molar-refractivity contribution in [3.05, 3.63) is 34.9 Å². The predicted octanol–water partition coefficient (Wildman–Crippen LogP) is 6.23. The lowest BCUT2D eigenvalue weighted by Crippen LogP contribution is -2.03. The highest BCUT2D eigenvalue weighted by atomic mass is 14.1. The Morgan fingerprint density at radius 1 is 0.842 bits per heavy atom. The largest absolute Gasteiger partial charge is 0.0654 e. The van der Waals surface area contributed by atoms with E-state index in [4.69, 9.17) is 0 Å². The summed E-state index contributed by atoms with van der Waals surface area (Å²) in [5.41, 5.74) is 4.38. The summed E-state index contributed by atoms with van der Waals surface area (Å²) in [6.45, 7) is 9.04. The fourth-order valence-corrected chi connectivity index (χ4v) is 2.75. The van der Waals surface area contributed by atoms with Crippen molar-refractivity contribution >= 4 is 0 Å². The lowest BCUT2D eigenvalue weighted by molar-refractivity contribution is 0.394. The van der Waals surface area contributed by atoms with Gasteiger partial charge in [-0.3, -0.25) is 0 Å². The number of rotatable bonds is 9. The summed E-state index contributed by atoms with van der Waals surface area (Å²) < 4.78 is 0. The van der Waals surface area contributed by atoms with Gasteiger partial charge in [0.2, 0.25) is 0 Å². The van der Waals surface area contributed by atoms with Gasteiger partial charge in [0.1, 0.15) is 0 Å². The molecule has 0 aliphatic heterocycles. The van der Waals surface area contributed by atoms with Crippen molar-refractivity contribution in [2.24, 2.45) is 5.92 Å². The quantitative estimate of drug-likeness (QED) is 0.493. The smallest absolute Gasteiger partial charge is 0.0276 e. The van der Waals surface area contributed by atoms with Crippen LogP contribution in [0.2, 0.25) is 0 Å². The Hall–Kier alpha value is -0.780. The van der Waals surface area contributed by atoms with Crippen LogP contribution in [-0.4, -0.2) is 0 Å². The van der Waals surface area contributed by atoms with E-state index in [2.05, 4.69) is 45.9 Å². The maximum Gasteiger partial charge on any atom is -0.0276 e. The monoisotopic (exact) mass is 260 g/mol. The second kappa shape index (κ2) is 9.18. The predicted molar refractivity (Wildman–Crippen MR) is 86.8 cm³/mol. The molecule has 0 heterocycles. The number of hydrogen-bond donors (Lipinski definition) is 0. The fraction of sp³-hybridized carbons (Fsp3) is 0.684. The third kappa shape index (κ3) is 6.27. The van der Waals surface area contributed by atoms with Crippen molar-refractivity contribution in [1.82, 2.24) is 0 Å². The summed E-state index contributed by atoms with van der Waals surface area (Å²) in [4.78, 5) is 0. The number of aryl methyl sites for hydroxylation is 3. The van der Waals surface area contributed by atoms with E-state index in [-0.39, 0.29) is 0 Å². The van der Waals surface area contributed by atoms with Gasteiger partial charge in [-0.15, -0.1) is 0 Å². The molecule has 0 saturated heterocycles. The molecule has 0 unspecified atom stereocenters. The van der Waals surface area contributed by atoms with Gasteiger partial charge >= 0.3 is 0 Å². The van der Waals surface area contributed by atoms with E-state index in [9.17, 15) is 0 Å². The van der Waals surface area contributed by atoms with Crippen molar-refractivity contribution in [2.75, 3.05) is 0 Å². The number of benzene rings is 1. The van der Waals surface area contributed by atoms with Crippen LogP contribution in [0.15, 0.2) is 18.2 Å². The first-order chi connectivity index (χ1) is 9.17. The van der Waals surface area contributed by atoms with Crippen molar-refractivity contribution < 1.29 is 0 Å². The Balaban J connectivity index is 2.46. The number of hydrogen-bond acceptors (Lipinski definition) is 0. The molecular weight excluding hydrogens is 228 g/mol. The second-order valence-electron chi connectivity index (χ2n) is 6.11. The summed E-state index contributed by atoms with van der Waals surface area (Å²) in [6, 6.07) is 6.98. The van der Waals surface area contributed by atoms with Crippen LogP contribution in [0.25, 0.3) is 0 Å². The standard InChI is InChI=1S/C19H32/c1-5-7-9-18(10-8-6-2)13-14-19-12-11-16(3)17(4)15-19/h11-12,15,18H,5-10,13-14H2,1-4H3. The highest BCUT2D eigenvalue weighted by molar-refractivity contribution is 5.29. The fourth-order valence-electron chi connectivity index (χ4n) is 2.75. The molecule has 0 radical (unpaired) electrons. The molecule has 1 rings (SSSR count). The van der Waals surface area contributed by atoms with Crippen LogP contribution in [0.5, 0.6) is 0 Å². The average Bonchev–Trinajstić information content (AvgIpc) is 2.41. The molecule has 0 saturated carbocycles. The van der Waals surface area contributed by atoms with Crippen LogP contribution < -0.4 is 0 Å². The molecule has 0 bridgehead atoms. The summed E-state index contributed by atoms with van der Waals surface area (Å²) >= 11 is 0. The van der Waals surface area contributed by atoms with E-state index in [0.717, 1.165) is 5.92 Å². The van der Waals surface area contributed by atoms with Gasteiger partial charge in [-0.05, 0) is 49.3 Å². The second-order valence-corrected chi connectivity index (χ2v) is 6.11. The van der Waals surface area contributed by atoms with Crippen LogP contribution in [-0.2, 0) is 6.42 Å². The van der Waals surface area contributed by atoms with Gasteiger partial charge in [0.15, 0.2) is 0 Å². The summed E-state index contributed by atoms with van der Waals surface area (Å²) in [5.74, 6) is 0.946. The van der Waals surface area contributed by atoms with Crippen molar-refractivity contribution in [3.63, 3.8) is 0 Å². The molecule has 0 nitrogen and oxygen atoms in total. The van der Waals surface area contributed by atoms with Gasteiger partial charge in [0, 0.05) is 0 Å². The van der Waals surface area contributed by atoms with Gasteiger partial charge in [-0.25, -0.2) is 0 Å². The van der Waals surface area contributed by atoms with E-state index in [1.807, 2.05) is 0 Å². The summed E-state index contributed by atoms with van der Waals surface area (Å²) in [5, 5.41) is 0. The van der Waals surface area contributed by atoms with Gasteiger partial charge in [-0.1, -0.05) is 70.6 Å². The van der Waals surface area contributed by atoms with Gasteiger partial charge in [-0.2, -0.15) is 0 Å². The third-order valence-electron chi connectivity index (χ3n) is 4.34. The van der Waals surface area contributed by atoms with E-state index in [1.54, 1.807) is 0 Å². The topological polar surface area (TPSA) is 0 Å². The minimum absolute atomic E-state index is 0.946. The molecule has 0 N–H and O–H groups in total. The highest BCUT2D eigenvalue weighted by Crippen LogP contribution is 2.22. The van der Waals surface area contributed by atoms with Crippen LogP contribution in [0.3, 0.4) is 0 Å².